The number of aliphatic hydroxyl groups is 1. The fourth-order valence-corrected chi connectivity index (χ4v) is 2.09. The molecule has 0 saturated heterocycles. The van der Waals surface area contributed by atoms with Crippen LogP contribution in [0.2, 0.25) is 19.6 Å². The van der Waals surface area contributed by atoms with Crippen LogP contribution in [0.1, 0.15) is 5.56 Å². The fourth-order valence-electron chi connectivity index (χ4n) is 1.42. The van der Waals surface area contributed by atoms with Gasteiger partial charge in [0, 0.05) is 12.8 Å². The van der Waals surface area contributed by atoms with Gasteiger partial charge in [0.25, 0.3) is 0 Å². The number of para-hydroxylation sites is 1. The van der Waals surface area contributed by atoms with Crippen LogP contribution in [0.15, 0.2) is 41.0 Å². The monoisotopic (exact) mass is 247 g/mol. The number of aliphatic imine (C=N–C) groups is 1. The first-order chi connectivity index (χ1) is 8.03. The van der Waals surface area contributed by atoms with Crippen LogP contribution in [-0.4, -0.2) is 26.0 Å². The van der Waals surface area contributed by atoms with Crippen LogP contribution in [0.5, 0.6) is 0 Å². The van der Waals surface area contributed by atoms with Gasteiger partial charge in [-0.2, -0.15) is 0 Å². The molecule has 17 heavy (non-hydrogen) atoms. The van der Waals surface area contributed by atoms with Gasteiger partial charge in [0.1, 0.15) is 0 Å². The quantitative estimate of drug-likeness (QED) is 0.628. The minimum absolute atomic E-state index is 0.164. The molecule has 0 saturated carbocycles. The van der Waals surface area contributed by atoms with Crippen LogP contribution in [0.3, 0.4) is 0 Å². The molecule has 0 aliphatic carbocycles. The summed E-state index contributed by atoms with van der Waals surface area (Å²) in [5.74, 6) is 0. The molecule has 1 N–H and O–H groups in total. The molecule has 0 heterocycles. The Kier molecular flexibility index (Phi) is 5.32. The molecule has 0 aliphatic rings. The lowest BCUT2D eigenvalue weighted by molar-refractivity contribution is 0.300. The molecule has 0 aromatic heterocycles. The number of hydrogen-bond acceptors (Lipinski definition) is 2. The highest BCUT2D eigenvalue weighted by molar-refractivity contribution is 6.81. The third-order valence-electron chi connectivity index (χ3n) is 2.27. The summed E-state index contributed by atoms with van der Waals surface area (Å²) in [7, 11) is -1.14. The first-order valence-corrected chi connectivity index (χ1v) is 9.51. The van der Waals surface area contributed by atoms with Crippen molar-refractivity contribution < 1.29 is 5.11 Å². The van der Waals surface area contributed by atoms with Crippen molar-refractivity contribution in [3.63, 3.8) is 0 Å². The molecule has 0 amide bonds. The van der Waals surface area contributed by atoms with Gasteiger partial charge in [-0.05, 0) is 18.1 Å². The molecule has 1 rings (SSSR count). The topological polar surface area (TPSA) is 32.6 Å². The van der Waals surface area contributed by atoms with E-state index >= 15 is 0 Å². The zero-order valence-electron chi connectivity index (χ0n) is 10.9. The minimum atomic E-state index is -1.14. The van der Waals surface area contributed by atoms with Crippen LogP contribution in [-0.2, 0) is 6.42 Å². The van der Waals surface area contributed by atoms with Gasteiger partial charge in [0.15, 0.2) is 0 Å². The third-order valence-corrected chi connectivity index (χ3v) is 3.46. The van der Waals surface area contributed by atoms with Crippen LogP contribution < -0.4 is 0 Å². The van der Waals surface area contributed by atoms with E-state index < -0.39 is 8.07 Å². The highest BCUT2D eigenvalue weighted by Crippen LogP contribution is 2.18. The third kappa shape index (κ3) is 5.61. The molecular formula is C14H21NOSi. The fraction of sp³-hybridized carbons (Fsp3) is 0.357. The van der Waals surface area contributed by atoms with Crippen molar-refractivity contribution in [2.24, 2.45) is 4.99 Å². The lowest BCUT2D eigenvalue weighted by Crippen LogP contribution is -2.15. The molecular weight excluding hydrogens is 226 g/mol. The van der Waals surface area contributed by atoms with Gasteiger partial charge in [-0.15, -0.1) is 0 Å². The minimum Gasteiger partial charge on any atom is -0.396 e. The van der Waals surface area contributed by atoms with Gasteiger partial charge in [0.2, 0.25) is 0 Å². The van der Waals surface area contributed by atoms with Gasteiger partial charge < -0.3 is 5.11 Å². The van der Waals surface area contributed by atoms with Crippen LogP contribution in [0.4, 0.5) is 5.69 Å². The lowest BCUT2D eigenvalue weighted by Gasteiger charge is -2.06. The predicted octanol–water partition coefficient (Wildman–Crippen LogP) is 3.36. The average Bonchev–Trinajstić information content (AvgIpc) is 2.25. The number of allylic oxidation sites excluding steroid dienone is 1. The summed E-state index contributed by atoms with van der Waals surface area (Å²) in [5, 5.41) is 8.96. The van der Waals surface area contributed by atoms with E-state index in [9.17, 15) is 0 Å². The highest BCUT2D eigenvalue weighted by atomic mass is 28.3. The smallest absolute Gasteiger partial charge is 0.0687 e. The number of aliphatic hydroxyl groups excluding tert-OH is 1. The zero-order valence-corrected chi connectivity index (χ0v) is 11.9. The van der Waals surface area contributed by atoms with Crippen molar-refractivity contribution in [3.05, 3.63) is 41.6 Å². The molecule has 0 fully saturated rings. The first kappa shape index (κ1) is 13.9. The summed E-state index contributed by atoms with van der Waals surface area (Å²) >= 11 is 0. The van der Waals surface area contributed by atoms with E-state index in [1.165, 1.54) is 0 Å². The van der Waals surface area contributed by atoms with Gasteiger partial charge in [0.05, 0.1) is 13.8 Å². The normalized spacial score (nSPS) is 12.7. The Morgan fingerprint density at radius 1 is 1.24 bits per heavy atom. The van der Waals surface area contributed by atoms with Crippen LogP contribution >= 0.6 is 0 Å². The molecule has 0 aliphatic heterocycles. The van der Waals surface area contributed by atoms with Gasteiger partial charge in [-0.3, -0.25) is 4.99 Å². The molecule has 0 radical (unpaired) electrons. The second-order valence-electron chi connectivity index (χ2n) is 5.11. The number of benzene rings is 1. The maximum atomic E-state index is 8.96. The summed E-state index contributed by atoms with van der Waals surface area (Å²) < 4.78 is 0. The van der Waals surface area contributed by atoms with E-state index in [1.807, 2.05) is 36.6 Å². The predicted molar refractivity (Wildman–Crippen MR) is 77.9 cm³/mol. The Bertz CT molecular complexity index is 405. The van der Waals surface area contributed by atoms with Gasteiger partial charge >= 0.3 is 0 Å². The first-order valence-electron chi connectivity index (χ1n) is 5.93. The van der Waals surface area contributed by atoms with E-state index in [0.29, 0.717) is 6.42 Å². The van der Waals surface area contributed by atoms with E-state index in [0.717, 1.165) is 11.3 Å². The molecule has 92 valence electrons. The van der Waals surface area contributed by atoms with E-state index in [-0.39, 0.29) is 6.61 Å². The summed E-state index contributed by atoms with van der Waals surface area (Å²) in [6.45, 7) is 7.03. The molecule has 1 aromatic carbocycles. The Balaban J connectivity index is 2.74. The Morgan fingerprint density at radius 2 is 1.94 bits per heavy atom. The SMILES string of the molecule is C[Si](C)(C)/C=C/C=Nc1ccccc1CCO. The van der Waals surface area contributed by atoms with Crippen molar-refractivity contribution in [3.8, 4) is 0 Å². The van der Waals surface area contributed by atoms with Crippen molar-refractivity contribution >= 4 is 20.0 Å². The number of rotatable bonds is 5. The zero-order chi connectivity index (χ0) is 12.7. The lowest BCUT2D eigenvalue weighted by atomic mass is 10.1. The summed E-state index contributed by atoms with van der Waals surface area (Å²) in [6.07, 6.45) is 4.53. The highest BCUT2D eigenvalue weighted by Gasteiger charge is 2.05. The van der Waals surface area contributed by atoms with Crippen molar-refractivity contribution in [1.82, 2.24) is 0 Å². The second kappa shape index (κ2) is 6.52. The Hall–Kier alpha value is -1.19. The van der Waals surface area contributed by atoms with Crippen LogP contribution in [0.25, 0.3) is 0 Å². The number of nitrogens with zero attached hydrogens (tertiary/aromatic N) is 1. The molecule has 2 nitrogen and oxygen atoms in total. The molecule has 0 bridgehead atoms. The van der Waals surface area contributed by atoms with Gasteiger partial charge in [-0.1, -0.05) is 49.6 Å². The summed E-state index contributed by atoms with van der Waals surface area (Å²) in [5.41, 5.74) is 4.29. The average molecular weight is 247 g/mol. The molecule has 0 spiro atoms. The maximum Gasteiger partial charge on any atom is 0.0687 e. The second-order valence-corrected chi connectivity index (χ2v) is 10.2. The molecule has 1 aromatic rings. The summed E-state index contributed by atoms with van der Waals surface area (Å²) in [4.78, 5) is 4.43. The van der Waals surface area contributed by atoms with Gasteiger partial charge in [-0.25, -0.2) is 0 Å². The Morgan fingerprint density at radius 3 is 2.59 bits per heavy atom. The van der Waals surface area contributed by atoms with Crippen molar-refractivity contribution in [2.45, 2.75) is 26.1 Å². The van der Waals surface area contributed by atoms with Crippen molar-refractivity contribution in [1.29, 1.82) is 0 Å². The molecule has 0 atom stereocenters. The van der Waals surface area contributed by atoms with E-state index in [1.54, 1.807) is 0 Å². The largest absolute Gasteiger partial charge is 0.396 e. The standard InChI is InChI=1S/C14H21NOSi/c1-17(2,3)12-6-10-15-14-8-5-4-7-13(14)9-11-16/h4-8,10,12,16H,9,11H2,1-3H3/b12-6+,15-10?. The molecule has 0 unspecified atom stereocenters. The maximum absolute atomic E-state index is 8.96. The summed E-state index contributed by atoms with van der Waals surface area (Å²) in [6, 6.07) is 7.92. The molecule has 3 heteroatoms. The number of hydrogen-bond donors (Lipinski definition) is 1. The van der Waals surface area contributed by atoms with Crippen molar-refractivity contribution in [2.75, 3.05) is 6.61 Å². The van der Waals surface area contributed by atoms with E-state index in [2.05, 4.69) is 30.3 Å². The van der Waals surface area contributed by atoms with E-state index in [4.69, 9.17) is 5.11 Å². The van der Waals surface area contributed by atoms with Crippen LogP contribution in [0, 0.1) is 0 Å². The Labute approximate surface area is 105 Å².